The Morgan fingerprint density at radius 2 is 1.88 bits per heavy atom. The third kappa shape index (κ3) is 4.56. The molecule has 1 aromatic rings. The number of carboxylic acid groups (broad SMARTS) is 1. The predicted molar refractivity (Wildman–Crippen MR) is 96.4 cm³/mol. The molecule has 0 bridgehead atoms. The number of hydrogen-bond acceptors (Lipinski definition) is 3. The summed E-state index contributed by atoms with van der Waals surface area (Å²) in [7, 11) is 0. The number of piperidine rings is 1. The molecule has 0 unspecified atom stereocenters. The first-order valence-electron chi connectivity index (χ1n) is 8.62. The number of rotatable bonds is 5. The molecular weight excluding hydrogens is 318 g/mol. The zero-order valence-electron chi connectivity index (χ0n) is 15.0. The molecule has 0 atom stereocenters. The van der Waals surface area contributed by atoms with Gasteiger partial charge in [-0.3, -0.25) is 14.4 Å². The fourth-order valence-corrected chi connectivity index (χ4v) is 3.36. The van der Waals surface area contributed by atoms with Gasteiger partial charge in [-0.1, -0.05) is 12.1 Å². The van der Waals surface area contributed by atoms with Gasteiger partial charge in [0.1, 0.15) is 0 Å². The van der Waals surface area contributed by atoms with Gasteiger partial charge in [0.2, 0.25) is 0 Å². The SMILES string of the molecule is C/C=C(/C(C)=O)c1cc(C(=O)N2CCC(CC(=O)O)CC2)ccc1C. The van der Waals surface area contributed by atoms with Gasteiger partial charge in [-0.2, -0.15) is 0 Å². The van der Waals surface area contributed by atoms with Crippen LogP contribution in [-0.4, -0.2) is 40.8 Å². The molecule has 0 saturated carbocycles. The smallest absolute Gasteiger partial charge is 0.303 e. The largest absolute Gasteiger partial charge is 0.481 e. The number of allylic oxidation sites excluding steroid dienone is 2. The molecule has 5 heteroatoms. The number of ketones is 1. The molecule has 1 aliphatic heterocycles. The number of likely N-dealkylation sites (tertiary alicyclic amines) is 1. The Hall–Kier alpha value is -2.43. The summed E-state index contributed by atoms with van der Waals surface area (Å²) in [5.41, 5.74) is 2.94. The van der Waals surface area contributed by atoms with Crippen LogP contribution in [0, 0.1) is 12.8 Å². The maximum absolute atomic E-state index is 12.8. The fourth-order valence-electron chi connectivity index (χ4n) is 3.36. The Morgan fingerprint density at radius 3 is 2.40 bits per heavy atom. The predicted octanol–water partition coefficient (Wildman–Crippen LogP) is 3.31. The molecule has 25 heavy (non-hydrogen) atoms. The highest BCUT2D eigenvalue weighted by atomic mass is 16.4. The number of carboxylic acids is 1. The summed E-state index contributed by atoms with van der Waals surface area (Å²) < 4.78 is 0. The topological polar surface area (TPSA) is 74.7 Å². The number of amides is 1. The van der Waals surface area contributed by atoms with Crippen molar-refractivity contribution in [1.29, 1.82) is 0 Å². The third-order valence-corrected chi connectivity index (χ3v) is 4.81. The summed E-state index contributed by atoms with van der Waals surface area (Å²) in [6, 6.07) is 5.45. The molecule has 1 amide bonds. The van der Waals surface area contributed by atoms with E-state index in [4.69, 9.17) is 5.11 Å². The summed E-state index contributed by atoms with van der Waals surface area (Å²) in [5.74, 6) is -0.725. The average molecular weight is 343 g/mol. The van der Waals surface area contributed by atoms with Gasteiger partial charge in [-0.05, 0) is 62.8 Å². The van der Waals surface area contributed by atoms with Crippen LogP contribution in [0.3, 0.4) is 0 Å². The first-order valence-corrected chi connectivity index (χ1v) is 8.62. The van der Waals surface area contributed by atoms with Crippen LogP contribution in [0.5, 0.6) is 0 Å². The molecule has 0 radical (unpaired) electrons. The number of aliphatic carboxylic acids is 1. The average Bonchev–Trinajstić information content (AvgIpc) is 2.56. The molecule has 0 spiro atoms. The summed E-state index contributed by atoms with van der Waals surface area (Å²) in [5, 5.41) is 8.88. The van der Waals surface area contributed by atoms with Crippen molar-refractivity contribution in [3.63, 3.8) is 0 Å². The molecule has 0 aromatic heterocycles. The molecule has 1 heterocycles. The monoisotopic (exact) mass is 343 g/mol. The van der Waals surface area contributed by atoms with Crippen molar-refractivity contribution in [2.45, 2.75) is 40.0 Å². The molecule has 0 aliphatic carbocycles. The standard InChI is InChI=1S/C20H25NO4/c1-4-17(14(3)22)18-12-16(6-5-13(18)2)20(25)21-9-7-15(8-10-21)11-19(23)24/h4-6,12,15H,7-11H2,1-3H3,(H,23,24)/b17-4-. The third-order valence-electron chi connectivity index (χ3n) is 4.81. The van der Waals surface area contributed by atoms with Crippen LogP contribution in [-0.2, 0) is 9.59 Å². The number of hydrogen-bond donors (Lipinski definition) is 1. The summed E-state index contributed by atoms with van der Waals surface area (Å²) in [6.07, 6.45) is 3.37. The van der Waals surface area contributed by atoms with Crippen LogP contribution in [0.25, 0.3) is 5.57 Å². The second-order valence-corrected chi connectivity index (χ2v) is 6.62. The summed E-state index contributed by atoms with van der Waals surface area (Å²) in [6.45, 7) is 6.41. The van der Waals surface area contributed by atoms with Crippen LogP contribution < -0.4 is 0 Å². The number of nitrogens with zero attached hydrogens (tertiary/aromatic N) is 1. The molecular formula is C20H25NO4. The van der Waals surface area contributed by atoms with Gasteiger partial charge in [0.25, 0.3) is 5.91 Å². The Kier molecular flexibility index (Phi) is 6.12. The van der Waals surface area contributed by atoms with E-state index in [2.05, 4.69) is 0 Å². The molecule has 1 fully saturated rings. The van der Waals surface area contributed by atoms with Crippen molar-refractivity contribution in [3.8, 4) is 0 Å². The molecule has 5 nitrogen and oxygen atoms in total. The van der Waals surface area contributed by atoms with E-state index < -0.39 is 5.97 Å². The van der Waals surface area contributed by atoms with E-state index in [1.165, 1.54) is 6.92 Å². The highest BCUT2D eigenvalue weighted by Crippen LogP contribution is 2.25. The molecule has 134 valence electrons. The Labute approximate surface area is 148 Å². The summed E-state index contributed by atoms with van der Waals surface area (Å²) in [4.78, 5) is 37.2. The van der Waals surface area contributed by atoms with Gasteiger partial charge in [-0.25, -0.2) is 0 Å². The lowest BCUT2D eigenvalue weighted by molar-refractivity contribution is -0.138. The normalized spacial score (nSPS) is 16.0. The zero-order valence-corrected chi connectivity index (χ0v) is 15.0. The maximum atomic E-state index is 12.8. The zero-order chi connectivity index (χ0) is 18.6. The van der Waals surface area contributed by atoms with Gasteiger partial charge >= 0.3 is 5.97 Å². The molecule has 1 aromatic carbocycles. The van der Waals surface area contributed by atoms with E-state index in [1.54, 1.807) is 23.1 Å². The first kappa shape index (κ1) is 18.9. The lowest BCUT2D eigenvalue weighted by Crippen LogP contribution is -2.39. The minimum atomic E-state index is -0.781. The van der Waals surface area contributed by atoms with E-state index in [-0.39, 0.29) is 24.0 Å². The van der Waals surface area contributed by atoms with E-state index in [9.17, 15) is 14.4 Å². The van der Waals surface area contributed by atoms with Crippen LogP contribution in [0.4, 0.5) is 0 Å². The van der Waals surface area contributed by atoms with E-state index in [0.29, 0.717) is 37.1 Å². The van der Waals surface area contributed by atoms with Crippen LogP contribution in [0.2, 0.25) is 0 Å². The van der Waals surface area contributed by atoms with Crippen molar-refractivity contribution in [2.24, 2.45) is 5.92 Å². The maximum Gasteiger partial charge on any atom is 0.303 e. The first-order chi connectivity index (χ1) is 11.8. The van der Waals surface area contributed by atoms with Gasteiger partial charge in [0.15, 0.2) is 5.78 Å². The van der Waals surface area contributed by atoms with Crippen LogP contribution >= 0.6 is 0 Å². The molecule has 1 aliphatic rings. The van der Waals surface area contributed by atoms with Crippen molar-refractivity contribution >= 4 is 23.2 Å². The van der Waals surface area contributed by atoms with Crippen molar-refractivity contribution < 1.29 is 19.5 Å². The highest BCUT2D eigenvalue weighted by molar-refractivity contribution is 6.20. The van der Waals surface area contributed by atoms with Gasteiger partial charge < -0.3 is 10.0 Å². The second kappa shape index (κ2) is 8.10. The van der Waals surface area contributed by atoms with E-state index >= 15 is 0 Å². The number of carbonyl (C=O) groups excluding carboxylic acids is 2. The molecule has 2 rings (SSSR count). The lowest BCUT2D eigenvalue weighted by Gasteiger charge is -2.31. The van der Waals surface area contributed by atoms with Crippen molar-refractivity contribution in [2.75, 3.05) is 13.1 Å². The van der Waals surface area contributed by atoms with Gasteiger partial charge in [0.05, 0.1) is 0 Å². The van der Waals surface area contributed by atoms with Crippen LogP contribution in [0.1, 0.15) is 54.6 Å². The van der Waals surface area contributed by atoms with Crippen molar-refractivity contribution in [1.82, 2.24) is 4.90 Å². The number of aryl methyl sites for hydroxylation is 1. The number of benzene rings is 1. The lowest BCUT2D eigenvalue weighted by atomic mass is 9.92. The minimum Gasteiger partial charge on any atom is -0.481 e. The van der Waals surface area contributed by atoms with Crippen molar-refractivity contribution in [3.05, 3.63) is 41.0 Å². The molecule has 1 saturated heterocycles. The second-order valence-electron chi connectivity index (χ2n) is 6.62. The molecule has 1 N–H and O–H groups in total. The van der Waals surface area contributed by atoms with Gasteiger partial charge in [0, 0.05) is 30.6 Å². The Bertz CT molecular complexity index is 712. The minimum absolute atomic E-state index is 0.0234. The van der Waals surface area contributed by atoms with Gasteiger partial charge in [-0.15, -0.1) is 0 Å². The number of Topliss-reactive ketones (excluding diaryl/α,β-unsaturated/α-hetero) is 1. The Balaban J connectivity index is 2.16. The quantitative estimate of drug-likeness (QED) is 0.832. The van der Waals surface area contributed by atoms with Crippen LogP contribution in [0.15, 0.2) is 24.3 Å². The Morgan fingerprint density at radius 1 is 1.24 bits per heavy atom. The summed E-state index contributed by atoms with van der Waals surface area (Å²) >= 11 is 0. The fraction of sp³-hybridized carbons (Fsp3) is 0.450. The van der Waals surface area contributed by atoms with E-state index in [0.717, 1.165) is 11.1 Å². The van der Waals surface area contributed by atoms with E-state index in [1.807, 2.05) is 19.9 Å². The highest BCUT2D eigenvalue weighted by Gasteiger charge is 2.25. The number of carbonyl (C=O) groups is 3.